The molecule has 1 aromatic carbocycles. The van der Waals surface area contributed by atoms with Gasteiger partial charge in [0.1, 0.15) is 0 Å². The Labute approximate surface area is 185 Å². The Morgan fingerprint density at radius 2 is 1.37 bits per heavy atom. The minimum absolute atomic E-state index is 0.350. The SMILES string of the molecule is CC.CC.CC.NC(=O)c1ccc(C2CC2)cc1.O=CN1CCN(C2CCC2)CC1. The maximum Gasteiger partial charge on any atom is 0.248 e. The molecule has 172 valence electrons. The van der Waals surface area contributed by atoms with E-state index in [1.165, 1.54) is 37.7 Å². The van der Waals surface area contributed by atoms with Crippen LogP contribution in [0.1, 0.15) is 95.5 Å². The molecule has 5 nitrogen and oxygen atoms in total. The number of rotatable bonds is 4. The smallest absolute Gasteiger partial charge is 0.248 e. The van der Waals surface area contributed by atoms with Crippen molar-refractivity contribution in [1.29, 1.82) is 0 Å². The first-order valence-electron chi connectivity index (χ1n) is 12.0. The van der Waals surface area contributed by atoms with Crippen LogP contribution in [0.4, 0.5) is 0 Å². The molecule has 1 saturated heterocycles. The van der Waals surface area contributed by atoms with Gasteiger partial charge >= 0.3 is 0 Å². The highest BCUT2D eigenvalue weighted by atomic mass is 16.1. The van der Waals surface area contributed by atoms with Crippen LogP contribution in [0, 0.1) is 0 Å². The van der Waals surface area contributed by atoms with Gasteiger partial charge in [-0.25, -0.2) is 0 Å². The van der Waals surface area contributed by atoms with E-state index < -0.39 is 0 Å². The molecule has 1 aromatic rings. The van der Waals surface area contributed by atoms with Crippen molar-refractivity contribution in [1.82, 2.24) is 9.80 Å². The van der Waals surface area contributed by atoms with Gasteiger partial charge in [-0.05, 0) is 49.3 Å². The number of hydrogen-bond donors (Lipinski definition) is 1. The molecule has 3 fully saturated rings. The molecule has 0 spiro atoms. The zero-order valence-electron chi connectivity index (χ0n) is 20.2. The molecule has 0 unspecified atom stereocenters. The summed E-state index contributed by atoms with van der Waals surface area (Å²) in [6, 6.07) is 8.44. The van der Waals surface area contributed by atoms with Crippen molar-refractivity contribution in [2.75, 3.05) is 26.2 Å². The van der Waals surface area contributed by atoms with Crippen molar-refractivity contribution in [3.63, 3.8) is 0 Å². The Hall–Kier alpha value is -1.88. The topological polar surface area (TPSA) is 66.6 Å². The molecule has 0 atom stereocenters. The maximum absolute atomic E-state index is 10.7. The second-order valence-corrected chi connectivity index (χ2v) is 7.02. The van der Waals surface area contributed by atoms with Gasteiger partial charge in [-0.2, -0.15) is 0 Å². The van der Waals surface area contributed by atoms with Gasteiger partial charge in [0.2, 0.25) is 12.3 Å². The van der Waals surface area contributed by atoms with E-state index in [4.69, 9.17) is 5.73 Å². The molecule has 2 saturated carbocycles. The van der Waals surface area contributed by atoms with E-state index >= 15 is 0 Å². The fourth-order valence-corrected chi connectivity index (χ4v) is 3.30. The minimum atomic E-state index is -0.350. The van der Waals surface area contributed by atoms with Gasteiger partial charge in [-0.15, -0.1) is 0 Å². The second-order valence-electron chi connectivity index (χ2n) is 7.02. The van der Waals surface area contributed by atoms with Crippen LogP contribution in [0.3, 0.4) is 0 Å². The Morgan fingerprint density at radius 1 is 0.867 bits per heavy atom. The van der Waals surface area contributed by atoms with Crippen LogP contribution in [0.25, 0.3) is 0 Å². The zero-order chi connectivity index (χ0) is 22.9. The normalized spacial score (nSPS) is 17.7. The predicted molar refractivity (Wildman–Crippen MR) is 128 cm³/mol. The largest absolute Gasteiger partial charge is 0.366 e. The summed E-state index contributed by atoms with van der Waals surface area (Å²) < 4.78 is 0. The molecule has 2 N–H and O–H groups in total. The molecule has 0 bridgehead atoms. The van der Waals surface area contributed by atoms with Crippen molar-refractivity contribution < 1.29 is 9.59 Å². The Bertz CT molecular complexity index is 558. The third kappa shape index (κ3) is 9.75. The van der Waals surface area contributed by atoms with E-state index in [9.17, 15) is 9.59 Å². The lowest BCUT2D eigenvalue weighted by atomic mass is 9.91. The average Bonchev–Trinajstić information content (AvgIpc) is 3.63. The summed E-state index contributed by atoms with van der Waals surface area (Å²) in [6.45, 7) is 16.0. The van der Waals surface area contributed by atoms with Gasteiger partial charge in [-0.3, -0.25) is 14.5 Å². The molecule has 0 aromatic heterocycles. The van der Waals surface area contributed by atoms with Crippen LogP contribution >= 0.6 is 0 Å². The molecule has 5 heteroatoms. The first-order valence-corrected chi connectivity index (χ1v) is 12.0. The Balaban J connectivity index is 0.000000450. The van der Waals surface area contributed by atoms with Gasteiger partial charge in [0, 0.05) is 37.8 Å². The third-order valence-electron chi connectivity index (χ3n) is 5.33. The molecular formula is C25H45N3O2. The summed E-state index contributed by atoms with van der Waals surface area (Å²) in [5.41, 5.74) is 7.05. The summed E-state index contributed by atoms with van der Waals surface area (Å²) in [5.74, 6) is 0.393. The summed E-state index contributed by atoms with van der Waals surface area (Å²) in [4.78, 5) is 25.5. The molecule has 0 radical (unpaired) electrons. The van der Waals surface area contributed by atoms with Crippen LogP contribution in [-0.4, -0.2) is 54.3 Å². The summed E-state index contributed by atoms with van der Waals surface area (Å²) >= 11 is 0. The highest BCUT2D eigenvalue weighted by Gasteiger charge is 2.27. The standard InChI is InChI=1S/C10H11NO.C9H16N2O.3C2H6/c11-10(12)9-5-3-8(4-6-9)7-1-2-7;12-8-10-4-6-11(7-5-10)9-2-1-3-9;3*1-2/h3-7H,1-2H2,(H2,11,12);8-9H,1-7H2;3*1-2H3. The van der Waals surface area contributed by atoms with Crippen molar-refractivity contribution in [3.8, 4) is 0 Å². The number of carbonyl (C=O) groups is 2. The fraction of sp³-hybridized carbons (Fsp3) is 0.680. The number of piperazine rings is 1. The van der Waals surface area contributed by atoms with E-state index in [0.717, 1.165) is 44.5 Å². The number of primary amides is 1. The lowest BCUT2D eigenvalue weighted by Gasteiger charge is -2.42. The first kappa shape index (κ1) is 28.1. The van der Waals surface area contributed by atoms with Crippen molar-refractivity contribution in [2.24, 2.45) is 5.73 Å². The lowest BCUT2D eigenvalue weighted by Crippen LogP contribution is -2.51. The van der Waals surface area contributed by atoms with E-state index in [0.29, 0.717) is 5.56 Å². The van der Waals surface area contributed by atoms with Crippen LogP contribution in [0.15, 0.2) is 24.3 Å². The third-order valence-corrected chi connectivity index (χ3v) is 5.33. The maximum atomic E-state index is 10.7. The molecule has 1 heterocycles. The van der Waals surface area contributed by atoms with Crippen LogP contribution in [0.2, 0.25) is 0 Å². The predicted octanol–water partition coefficient (Wildman–Crippen LogP) is 5.05. The van der Waals surface area contributed by atoms with E-state index in [-0.39, 0.29) is 5.91 Å². The van der Waals surface area contributed by atoms with Gasteiger partial charge in [0.15, 0.2) is 0 Å². The van der Waals surface area contributed by atoms with E-state index in [2.05, 4.69) is 4.90 Å². The van der Waals surface area contributed by atoms with Crippen molar-refractivity contribution >= 4 is 12.3 Å². The summed E-state index contributed by atoms with van der Waals surface area (Å²) in [6.07, 6.45) is 7.70. The highest BCUT2D eigenvalue weighted by molar-refractivity contribution is 5.92. The number of hydrogen-bond acceptors (Lipinski definition) is 3. The Morgan fingerprint density at radius 3 is 1.70 bits per heavy atom. The number of carbonyl (C=O) groups excluding carboxylic acids is 2. The summed E-state index contributed by atoms with van der Waals surface area (Å²) in [7, 11) is 0. The number of nitrogens with zero attached hydrogens (tertiary/aromatic N) is 2. The van der Waals surface area contributed by atoms with E-state index in [1.807, 2.05) is 58.6 Å². The molecule has 2 amide bonds. The van der Waals surface area contributed by atoms with Crippen molar-refractivity contribution in [2.45, 2.75) is 85.6 Å². The van der Waals surface area contributed by atoms with Crippen molar-refractivity contribution in [3.05, 3.63) is 35.4 Å². The zero-order valence-corrected chi connectivity index (χ0v) is 20.2. The Kier molecular flexibility index (Phi) is 15.8. The molecule has 2 aliphatic carbocycles. The molecular weight excluding hydrogens is 374 g/mol. The molecule has 30 heavy (non-hydrogen) atoms. The quantitative estimate of drug-likeness (QED) is 0.694. The average molecular weight is 420 g/mol. The second kappa shape index (κ2) is 16.9. The van der Waals surface area contributed by atoms with Crippen LogP contribution in [0.5, 0.6) is 0 Å². The van der Waals surface area contributed by atoms with Crippen LogP contribution < -0.4 is 5.73 Å². The van der Waals surface area contributed by atoms with Gasteiger partial charge < -0.3 is 10.6 Å². The van der Waals surface area contributed by atoms with Gasteiger partial charge in [0.05, 0.1) is 0 Å². The number of nitrogens with two attached hydrogens (primary N) is 1. The monoisotopic (exact) mass is 419 g/mol. The minimum Gasteiger partial charge on any atom is -0.366 e. The number of amides is 2. The molecule has 3 aliphatic rings. The van der Waals surface area contributed by atoms with Gasteiger partial charge in [0.25, 0.3) is 0 Å². The molecule has 1 aliphatic heterocycles. The van der Waals surface area contributed by atoms with Gasteiger partial charge in [-0.1, -0.05) is 60.1 Å². The van der Waals surface area contributed by atoms with Crippen LogP contribution in [-0.2, 0) is 4.79 Å². The van der Waals surface area contributed by atoms with E-state index in [1.54, 1.807) is 12.1 Å². The molecule has 4 rings (SSSR count). The highest BCUT2D eigenvalue weighted by Crippen LogP contribution is 2.39. The first-order chi connectivity index (χ1) is 14.7. The summed E-state index contributed by atoms with van der Waals surface area (Å²) in [5, 5.41) is 0. The lowest BCUT2D eigenvalue weighted by molar-refractivity contribution is -0.120. The fourth-order valence-electron chi connectivity index (χ4n) is 3.30. The number of benzene rings is 1.